The summed E-state index contributed by atoms with van der Waals surface area (Å²) in [5.41, 5.74) is 3.25. The lowest BCUT2D eigenvalue weighted by atomic mass is 10.1. The summed E-state index contributed by atoms with van der Waals surface area (Å²) < 4.78 is 6.88. The predicted molar refractivity (Wildman–Crippen MR) is 116 cm³/mol. The summed E-state index contributed by atoms with van der Waals surface area (Å²) >= 11 is 1.06. The molecule has 0 fully saturated rings. The number of imidazole rings is 1. The highest BCUT2D eigenvalue weighted by atomic mass is 32.1. The number of rotatable bonds is 5. The fourth-order valence-electron chi connectivity index (χ4n) is 3.21. The molecule has 0 aliphatic carbocycles. The van der Waals surface area contributed by atoms with Gasteiger partial charge in [0.05, 0.1) is 22.7 Å². The van der Waals surface area contributed by atoms with Gasteiger partial charge in [0.15, 0.2) is 0 Å². The molecular weight excluding hydrogens is 404 g/mol. The van der Waals surface area contributed by atoms with Crippen LogP contribution in [-0.2, 0) is 4.74 Å². The number of esters is 1. The van der Waals surface area contributed by atoms with Gasteiger partial charge in [-0.2, -0.15) is 0 Å². The van der Waals surface area contributed by atoms with Crippen molar-refractivity contribution in [3.05, 3.63) is 51.3 Å². The number of hydrogen-bond acceptors (Lipinski definition) is 6. The van der Waals surface area contributed by atoms with Crippen molar-refractivity contribution in [1.29, 1.82) is 0 Å². The Kier molecular flexibility index (Phi) is 5.93. The number of carbonyl (C=O) groups is 3. The SMILES string of the molecule is CCOC(=O)c1c(NC(=O)c2c(C)nc3c(C)cccn23)sc(C(=O)N(C)C)c1C. The van der Waals surface area contributed by atoms with Gasteiger partial charge in [-0.25, -0.2) is 9.78 Å². The van der Waals surface area contributed by atoms with Gasteiger partial charge < -0.3 is 15.0 Å². The molecule has 158 valence electrons. The molecule has 30 heavy (non-hydrogen) atoms. The molecule has 3 heterocycles. The smallest absolute Gasteiger partial charge is 0.341 e. The monoisotopic (exact) mass is 428 g/mol. The van der Waals surface area contributed by atoms with Gasteiger partial charge in [0.1, 0.15) is 16.3 Å². The molecule has 9 heteroatoms. The van der Waals surface area contributed by atoms with Crippen LogP contribution in [0.3, 0.4) is 0 Å². The van der Waals surface area contributed by atoms with E-state index in [2.05, 4.69) is 10.3 Å². The van der Waals surface area contributed by atoms with Crippen molar-refractivity contribution < 1.29 is 19.1 Å². The molecule has 0 saturated heterocycles. The Bertz CT molecular complexity index is 1160. The summed E-state index contributed by atoms with van der Waals surface area (Å²) in [5, 5.41) is 3.09. The molecule has 0 bridgehead atoms. The first kappa shape index (κ1) is 21.5. The second-order valence-corrected chi connectivity index (χ2v) is 8.09. The van der Waals surface area contributed by atoms with Crippen LogP contribution >= 0.6 is 11.3 Å². The van der Waals surface area contributed by atoms with Crippen molar-refractivity contribution in [1.82, 2.24) is 14.3 Å². The van der Waals surface area contributed by atoms with E-state index in [0.717, 1.165) is 16.9 Å². The molecule has 0 atom stereocenters. The third kappa shape index (κ3) is 3.68. The molecule has 3 aromatic rings. The first-order chi connectivity index (χ1) is 14.2. The Morgan fingerprint density at radius 2 is 1.93 bits per heavy atom. The number of nitrogens with zero attached hydrogens (tertiary/aromatic N) is 3. The molecule has 0 spiro atoms. The van der Waals surface area contributed by atoms with Crippen LogP contribution in [0.5, 0.6) is 0 Å². The summed E-state index contributed by atoms with van der Waals surface area (Å²) in [4.78, 5) is 44.6. The Labute approximate surface area is 178 Å². The van der Waals surface area contributed by atoms with Crippen LogP contribution in [0.15, 0.2) is 18.3 Å². The topological polar surface area (TPSA) is 93.0 Å². The van der Waals surface area contributed by atoms with Crippen LogP contribution in [0.25, 0.3) is 5.65 Å². The summed E-state index contributed by atoms with van der Waals surface area (Å²) in [6, 6.07) is 3.76. The Morgan fingerprint density at radius 3 is 2.57 bits per heavy atom. The van der Waals surface area contributed by atoms with E-state index < -0.39 is 11.9 Å². The molecule has 0 saturated carbocycles. The van der Waals surface area contributed by atoms with Crippen molar-refractivity contribution in [3.8, 4) is 0 Å². The lowest BCUT2D eigenvalue weighted by Gasteiger charge is -2.09. The number of pyridine rings is 1. The third-order valence-corrected chi connectivity index (χ3v) is 5.88. The zero-order chi connectivity index (χ0) is 22.2. The molecule has 3 aromatic heterocycles. The number of ether oxygens (including phenoxy) is 1. The van der Waals surface area contributed by atoms with Gasteiger partial charge in [-0.15, -0.1) is 11.3 Å². The average Bonchev–Trinajstić information content (AvgIpc) is 3.18. The number of aryl methyl sites for hydroxylation is 2. The molecule has 0 radical (unpaired) electrons. The van der Waals surface area contributed by atoms with Gasteiger partial charge in [-0.05, 0) is 44.9 Å². The van der Waals surface area contributed by atoms with Crippen LogP contribution in [0.1, 0.15) is 54.3 Å². The minimum atomic E-state index is -0.579. The van der Waals surface area contributed by atoms with Crippen LogP contribution in [0, 0.1) is 20.8 Å². The summed E-state index contributed by atoms with van der Waals surface area (Å²) in [6.45, 7) is 7.24. The number of fused-ring (bicyclic) bond motifs is 1. The molecular formula is C21H24N4O4S. The number of anilines is 1. The highest BCUT2D eigenvalue weighted by molar-refractivity contribution is 7.18. The maximum absolute atomic E-state index is 13.2. The zero-order valence-electron chi connectivity index (χ0n) is 17.8. The van der Waals surface area contributed by atoms with Crippen LogP contribution < -0.4 is 5.32 Å². The molecule has 1 N–H and O–H groups in total. The van der Waals surface area contributed by atoms with E-state index in [4.69, 9.17) is 4.74 Å². The molecule has 0 unspecified atom stereocenters. The maximum Gasteiger partial charge on any atom is 0.341 e. The van der Waals surface area contributed by atoms with E-state index in [9.17, 15) is 14.4 Å². The Hall–Kier alpha value is -3.20. The van der Waals surface area contributed by atoms with Crippen LogP contribution in [0.2, 0.25) is 0 Å². The number of amides is 2. The zero-order valence-corrected chi connectivity index (χ0v) is 18.6. The second-order valence-electron chi connectivity index (χ2n) is 7.07. The number of aromatic nitrogens is 2. The minimum Gasteiger partial charge on any atom is -0.462 e. The van der Waals surface area contributed by atoms with Gasteiger partial charge in [0.2, 0.25) is 0 Å². The van der Waals surface area contributed by atoms with Gasteiger partial charge in [-0.3, -0.25) is 14.0 Å². The van der Waals surface area contributed by atoms with Crippen molar-refractivity contribution in [2.75, 3.05) is 26.0 Å². The van der Waals surface area contributed by atoms with E-state index in [-0.39, 0.29) is 23.1 Å². The van der Waals surface area contributed by atoms with Crippen molar-refractivity contribution in [2.24, 2.45) is 0 Å². The van der Waals surface area contributed by atoms with E-state index in [1.54, 1.807) is 45.5 Å². The van der Waals surface area contributed by atoms with Gasteiger partial charge >= 0.3 is 5.97 Å². The van der Waals surface area contributed by atoms with Crippen molar-refractivity contribution in [2.45, 2.75) is 27.7 Å². The number of carbonyl (C=O) groups excluding carboxylic acids is 3. The number of hydrogen-bond donors (Lipinski definition) is 1. The molecule has 0 aromatic carbocycles. The van der Waals surface area contributed by atoms with Crippen LogP contribution in [-0.4, -0.2) is 52.8 Å². The largest absolute Gasteiger partial charge is 0.462 e. The lowest BCUT2D eigenvalue weighted by molar-refractivity contribution is 0.0527. The van der Waals surface area contributed by atoms with E-state index >= 15 is 0 Å². The van der Waals surface area contributed by atoms with Crippen LogP contribution in [0.4, 0.5) is 5.00 Å². The first-order valence-electron chi connectivity index (χ1n) is 9.45. The van der Waals surface area contributed by atoms with Gasteiger partial charge in [0.25, 0.3) is 11.8 Å². The quantitative estimate of drug-likeness (QED) is 0.629. The third-order valence-electron chi connectivity index (χ3n) is 4.69. The molecule has 0 aliphatic rings. The minimum absolute atomic E-state index is 0.185. The fraction of sp³-hybridized carbons (Fsp3) is 0.333. The van der Waals surface area contributed by atoms with E-state index in [1.807, 2.05) is 19.1 Å². The predicted octanol–water partition coefficient (Wildman–Crippen LogP) is 3.45. The Balaban J connectivity index is 2.08. The molecule has 2 amide bonds. The lowest BCUT2D eigenvalue weighted by Crippen LogP contribution is -2.21. The van der Waals surface area contributed by atoms with E-state index in [1.165, 1.54) is 4.90 Å². The fourth-order valence-corrected chi connectivity index (χ4v) is 4.42. The van der Waals surface area contributed by atoms with Gasteiger partial charge in [-0.1, -0.05) is 6.07 Å². The van der Waals surface area contributed by atoms with Gasteiger partial charge in [0, 0.05) is 20.3 Å². The first-order valence-corrected chi connectivity index (χ1v) is 10.3. The highest BCUT2D eigenvalue weighted by Gasteiger charge is 2.28. The second kappa shape index (κ2) is 8.27. The maximum atomic E-state index is 13.2. The number of thiophene rings is 1. The standard InChI is InChI=1S/C21H24N4O4S/c1-7-29-21(28)14-12(3)16(20(27)24(5)6)30-19(14)23-18(26)15-13(4)22-17-11(2)9-8-10-25(15)17/h8-10H,7H2,1-6H3,(H,23,26). The van der Waals surface area contributed by atoms with E-state index in [0.29, 0.717) is 27.5 Å². The molecule has 3 rings (SSSR count). The average molecular weight is 429 g/mol. The van der Waals surface area contributed by atoms with Crippen molar-refractivity contribution >= 4 is 39.8 Å². The summed E-state index contributed by atoms with van der Waals surface area (Å²) in [5.74, 6) is -1.24. The Morgan fingerprint density at radius 1 is 1.23 bits per heavy atom. The molecule has 8 nitrogen and oxygen atoms in total. The highest BCUT2D eigenvalue weighted by Crippen LogP contribution is 2.35. The molecule has 0 aliphatic heterocycles. The summed E-state index contributed by atoms with van der Waals surface area (Å²) in [7, 11) is 3.27. The van der Waals surface area contributed by atoms with Crippen molar-refractivity contribution in [3.63, 3.8) is 0 Å². The summed E-state index contributed by atoms with van der Waals surface area (Å²) in [6.07, 6.45) is 1.77. The number of nitrogens with one attached hydrogen (secondary N) is 1. The normalized spacial score (nSPS) is 10.9.